The number of nitrogens with two attached hydrogens (primary N) is 1. The number of methoxy groups -OCH3 is 1. The van der Waals surface area contributed by atoms with Gasteiger partial charge in [0.1, 0.15) is 23.7 Å². The summed E-state index contributed by atoms with van der Waals surface area (Å²) in [6.07, 6.45) is -3.22. The first-order valence-electron chi connectivity index (χ1n) is 9.68. The van der Waals surface area contributed by atoms with E-state index in [0.717, 1.165) is 6.07 Å². The number of ketones is 1. The number of nitriles is 1. The molecule has 0 saturated carbocycles. The Bertz CT molecular complexity index is 1100. The fourth-order valence-corrected chi connectivity index (χ4v) is 3.74. The molecule has 2 aromatic rings. The van der Waals surface area contributed by atoms with Gasteiger partial charge in [0.2, 0.25) is 0 Å². The zero-order valence-corrected chi connectivity index (χ0v) is 17.4. The van der Waals surface area contributed by atoms with Crippen LogP contribution in [0.5, 0.6) is 0 Å². The van der Waals surface area contributed by atoms with Gasteiger partial charge in [-0.05, 0) is 36.2 Å². The number of Topliss-reactive ketones (excluding diaryl/α,β-unsaturated/α-hetero) is 1. The van der Waals surface area contributed by atoms with Crippen LogP contribution in [0, 0.1) is 24.1 Å². The lowest BCUT2D eigenvalue weighted by Crippen LogP contribution is -2.46. The Morgan fingerprint density at radius 1 is 1.44 bits per heavy atom. The number of rotatable bonds is 7. The highest BCUT2D eigenvalue weighted by Crippen LogP contribution is 2.42. The molecule has 0 aliphatic carbocycles. The highest BCUT2D eigenvalue weighted by molar-refractivity contribution is 5.97. The minimum absolute atomic E-state index is 0.0336. The Labute approximate surface area is 182 Å². The van der Waals surface area contributed by atoms with Crippen LogP contribution >= 0.6 is 0 Å². The molecule has 0 spiro atoms. The number of alkyl halides is 2. The lowest BCUT2D eigenvalue weighted by atomic mass is 9.83. The van der Waals surface area contributed by atoms with Crippen molar-refractivity contribution in [3.05, 3.63) is 64.2 Å². The number of hydrogen-bond acceptors (Lipinski definition) is 7. The maximum atomic E-state index is 14.8. The van der Waals surface area contributed by atoms with Crippen molar-refractivity contribution in [3.8, 4) is 6.07 Å². The monoisotopic (exact) mass is 446 g/mol. The van der Waals surface area contributed by atoms with Crippen molar-refractivity contribution in [3.63, 3.8) is 0 Å². The molecule has 1 aliphatic heterocycles. The third-order valence-corrected chi connectivity index (χ3v) is 5.18. The van der Waals surface area contributed by atoms with Crippen LogP contribution in [0.15, 0.2) is 35.5 Å². The van der Waals surface area contributed by atoms with E-state index in [-0.39, 0.29) is 30.7 Å². The van der Waals surface area contributed by atoms with E-state index in [1.165, 1.54) is 31.5 Å². The molecule has 10 heteroatoms. The number of aryl methyl sites for hydroxylation is 1. The number of benzene rings is 1. The Balaban J connectivity index is 1.98. The molecular weight excluding hydrogens is 425 g/mol. The average molecular weight is 446 g/mol. The van der Waals surface area contributed by atoms with E-state index < -0.39 is 35.7 Å². The number of halogens is 3. The van der Waals surface area contributed by atoms with Crippen molar-refractivity contribution in [1.29, 1.82) is 5.26 Å². The summed E-state index contributed by atoms with van der Waals surface area (Å²) in [4.78, 5) is 20.5. The highest BCUT2D eigenvalue weighted by atomic mass is 19.3. The summed E-state index contributed by atoms with van der Waals surface area (Å²) in [7, 11) is 1.38. The molecule has 0 fully saturated rings. The van der Waals surface area contributed by atoms with Gasteiger partial charge in [-0.25, -0.2) is 18.2 Å². The first-order valence-corrected chi connectivity index (χ1v) is 9.68. The van der Waals surface area contributed by atoms with E-state index in [1.54, 1.807) is 6.92 Å². The Morgan fingerprint density at radius 3 is 2.81 bits per heavy atom. The average Bonchev–Trinajstić information content (AvgIpc) is 2.74. The van der Waals surface area contributed by atoms with E-state index in [2.05, 4.69) is 9.98 Å². The molecular formula is C22H21F3N4O3. The molecule has 2 atom stereocenters. The van der Waals surface area contributed by atoms with E-state index in [1.807, 2.05) is 6.07 Å². The normalized spacial score (nSPS) is 20.4. The zero-order valence-electron chi connectivity index (χ0n) is 17.4. The van der Waals surface area contributed by atoms with E-state index >= 15 is 0 Å². The second-order valence-electron chi connectivity index (χ2n) is 7.49. The summed E-state index contributed by atoms with van der Waals surface area (Å²) >= 11 is 0. The molecule has 7 nitrogen and oxygen atoms in total. The molecule has 1 aliphatic rings. The van der Waals surface area contributed by atoms with Gasteiger partial charge in [-0.1, -0.05) is 6.07 Å². The molecule has 32 heavy (non-hydrogen) atoms. The molecule has 0 unspecified atom stereocenters. The van der Waals surface area contributed by atoms with Crippen molar-refractivity contribution >= 4 is 11.8 Å². The van der Waals surface area contributed by atoms with Gasteiger partial charge < -0.3 is 15.2 Å². The number of ether oxygens (including phenoxy) is 2. The van der Waals surface area contributed by atoms with Crippen LogP contribution in [0.4, 0.5) is 13.2 Å². The zero-order chi connectivity index (χ0) is 23.5. The van der Waals surface area contributed by atoms with Crippen molar-refractivity contribution < 1.29 is 27.4 Å². The summed E-state index contributed by atoms with van der Waals surface area (Å²) in [5, 5.41) is 8.94. The Hall–Kier alpha value is -3.45. The number of aliphatic imine (C=N–C) groups is 1. The molecule has 0 saturated heterocycles. The first kappa shape index (κ1) is 23.2. The summed E-state index contributed by atoms with van der Waals surface area (Å²) in [5.41, 5.74) is 4.23. The van der Waals surface area contributed by atoms with Crippen molar-refractivity contribution in [2.45, 2.75) is 37.8 Å². The Morgan fingerprint density at radius 2 is 2.19 bits per heavy atom. The number of pyridine rings is 1. The summed E-state index contributed by atoms with van der Waals surface area (Å²) in [6.45, 7) is 1.60. The van der Waals surface area contributed by atoms with Gasteiger partial charge in [0, 0.05) is 31.7 Å². The van der Waals surface area contributed by atoms with E-state index in [0.29, 0.717) is 16.7 Å². The SMILES string of the molecule is COC[C@@H]1C[C@](c2cc(CC(=O)c3ncc(C#N)cc3C)ccc2F)(C(F)F)N=C(N)O1. The molecule has 1 aromatic heterocycles. The second-order valence-corrected chi connectivity index (χ2v) is 7.49. The van der Waals surface area contributed by atoms with Crippen LogP contribution in [-0.2, 0) is 21.4 Å². The number of aromatic nitrogens is 1. The predicted octanol–water partition coefficient (Wildman–Crippen LogP) is 3.04. The van der Waals surface area contributed by atoms with Crippen LogP contribution < -0.4 is 5.73 Å². The molecule has 2 N–H and O–H groups in total. The van der Waals surface area contributed by atoms with Crippen LogP contribution in [0.2, 0.25) is 0 Å². The van der Waals surface area contributed by atoms with E-state index in [9.17, 15) is 18.0 Å². The van der Waals surface area contributed by atoms with E-state index in [4.69, 9.17) is 20.5 Å². The minimum Gasteiger partial charge on any atom is -0.460 e. The standard InChI is InChI=1S/C22H21F3N4O3/c1-12-5-14(9-26)10-28-19(12)18(30)7-13-3-4-17(23)16(6-13)22(20(24)25)8-15(11-31-2)32-21(27)29-22/h3-6,10,15,20H,7-8,11H2,1-2H3,(H2,27,29)/t15-,22-/m0/s1. The smallest absolute Gasteiger partial charge is 0.283 e. The highest BCUT2D eigenvalue weighted by Gasteiger charge is 2.49. The number of amidine groups is 1. The molecule has 0 radical (unpaired) electrons. The maximum Gasteiger partial charge on any atom is 0.283 e. The van der Waals surface area contributed by atoms with Crippen molar-refractivity contribution in [2.75, 3.05) is 13.7 Å². The first-order chi connectivity index (χ1) is 15.2. The summed E-state index contributed by atoms with van der Waals surface area (Å²) in [5.74, 6) is -1.30. The van der Waals surface area contributed by atoms with Gasteiger partial charge in [0.05, 0.1) is 12.2 Å². The molecule has 0 bridgehead atoms. The quantitative estimate of drug-likeness (QED) is 0.655. The summed E-state index contributed by atoms with van der Waals surface area (Å²) < 4.78 is 53.5. The van der Waals surface area contributed by atoms with Crippen LogP contribution in [0.3, 0.4) is 0 Å². The Kier molecular flexibility index (Phi) is 6.79. The molecule has 2 heterocycles. The number of carbonyl (C=O) groups excluding carboxylic acids is 1. The lowest BCUT2D eigenvalue weighted by molar-refractivity contribution is -0.0214. The van der Waals surface area contributed by atoms with Gasteiger partial charge in [0.25, 0.3) is 12.4 Å². The van der Waals surface area contributed by atoms with Crippen LogP contribution in [0.25, 0.3) is 0 Å². The number of hydrogen-bond donors (Lipinski definition) is 1. The fraction of sp³-hybridized carbons (Fsp3) is 0.364. The second kappa shape index (κ2) is 9.36. The van der Waals surface area contributed by atoms with Crippen LogP contribution in [0.1, 0.15) is 39.2 Å². The topological polar surface area (TPSA) is 111 Å². The van der Waals surface area contributed by atoms with Gasteiger partial charge in [0.15, 0.2) is 11.3 Å². The predicted molar refractivity (Wildman–Crippen MR) is 109 cm³/mol. The molecule has 0 amide bonds. The third-order valence-electron chi connectivity index (χ3n) is 5.18. The largest absolute Gasteiger partial charge is 0.460 e. The van der Waals surface area contributed by atoms with Gasteiger partial charge >= 0.3 is 0 Å². The molecule has 3 rings (SSSR count). The molecule has 168 valence electrons. The fourth-order valence-electron chi connectivity index (χ4n) is 3.74. The number of nitrogens with zero attached hydrogens (tertiary/aromatic N) is 3. The van der Waals surface area contributed by atoms with Crippen LogP contribution in [-0.4, -0.2) is 43.0 Å². The summed E-state index contributed by atoms with van der Waals surface area (Å²) in [6, 6.07) is 6.53. The van der Waals surface area contributed by atoms with Crippen molar-refractivity contribution in [2.24, 2.45) is 10.7 Å². The molecule has 1 aromatic carbocycles. The minimum atomic E-state index is -3.09. The maximum absolute atomic E-state index is 14.8. The van der Waals surface area contributed by atoms with Gasteiger partial charge in [-0.2, -0.15) is 5.26 Å². The number of carbonyl (C=O) groups is 1. The van der Waals surface area contributed by atoms with Gasteiger partial charge in [-0.15, -0.1) is 0 Å². The van der Waals surface area contributed by atoms with Crippen molar-refractivity contribution in [1.82, 2.24) is 4.98 Å². The van der Waals surface area contributed by atoms with Gasteiger partial charge in [-0.3, -0.25) is 9.78 Å². The third kappa shape index (κ3) is 4.57. The lowest BCUT2D eigenvalue weighted by Gasteiger charge is -2.37.